The van der Waals surface area contributed by atoms with Gasteiger partial charge in [0.15, 0.2) is 0 Å². The first-order valence-corrected chi connectivity index (χ1v) is 16.3. The number of rotatable bonds is 12. The molecule has 0 aliphatic carbocycles. The molecule has 4 aromatic carbocycles. The normalized spacial score (nSPS) is 13.1. The van der Waals surface area contributed by atoms with Gasteiger partial charge in [0, 0.05) is 35.0 Å². The highest BCUT2D eigenvalue weighted by Crippen LogP contribution is 2.33. The molecular weight excluding hydrogens is 642 g/mol. The first-order chi connectivity index (χ1) is 23.6. The molecule has 10 nitrogen and oxygen atoms in total. The van der Waals surface area contributed by atoms with Gasteiger partial charge in [0.2, 0.25) is 11.2 Å². The molecule has 1 amide bonds. The molecular formula is C38H33N3O7S. The number of aliphatic hydroxyl groups is 2. The summed E-state index contributed by atoms with van der Waals surface area (Å²) in [6.07, 6.45) is -0.882. The number of phenols is 1. The SMILES string of the molecule is O=C(NCc1cc(-c2ccc([C@](O)(C(=O)O)c3ccccc3)cc2)cs1)c1ccc(CNC[C@H](O)c2ccc(O)c3[nH]c(=O)ccc23)cc1. The number of pyridine rings is 1. The first kappa shape index (κ1) is 33.3. The minimum absolute atomic E-state index is 0.0675. The molecule has 7 N–H and O–H groups in total. The van der Waals surface area contributed by atoms with Gasteiger partial charge < -0.3 is 36.0 Å². The summed E-state index contributed by atoms with van der Waals surface area (Å²) in [6, 6.07) is 30.1. The molecule has 0 bridgehead atoms. The minimum Gasteiger partial charge on any atom is -0.506 e. The van der Waals surface area contributed by atoms with Crippen LogP contribution in [0.1, 0.15) is 43.6 Å². The number of hydrogen-bond acceptors (Lipinski definition) is 8. The molecule has 0 aliphatic heterocycles. The second-order valence-corrected chi connectivity index (χ2v) is 12.6. The fourth-order valence-corrected chi connectivity index (χ4v) is 6.51. The fourth-order valence-electron chi connectivity index (χ4n) is 5.68. The Bertz CT molecular complexity index is 2160. The number of carboxylic acid groups (broad SMARTS) is 1. The number of carbonyl (C=O) groups excluding carboxylic acids is 1. The van der Waals surface area contributed by atoms with Crippen molar-refractivity contribution < 1.29 is 30.0 Å². The number of aliphatic hydroxyl groups excluding tert-OH is 1. The van der Waals surface area contributed by atoms with E-state index in [4.69, 9.17) is 0 Å². The smallest absolute Gasteiger partial charge is 0.345 e. The zero-order valence-corrected chi connectivity index (χ0v) is 26.9. The van der Waals surface area contributed by atoms with E-state index in [1.165, 1.54) is 23.5 Å². The summed E-state index contributed by atoms with van der Waals surface area (Å²) in [5, 5.41) is 50.5. The lowest BCUT2D eigenvalue weighted by Crippen LogP contribution is -2.36. The Kier molecular flexibility index (Phi) is 9.70. The maximum atomic E-state index is 12.9. The number of hydrogen-bond donors (Lipinski definition) is 7. The van der Waals surface area contributed by atoms with Gasteiger partial charge in [-0.05, 0) is 69.1 Å². The number of phenolic OH excluding ortho intramolecular Hbond substituents is 1. The van der Waals surface area contributed by atoms with Gasteiger partial charge >= 0.3 is 5.97 Å². The van der Waals surface area contributed by atoms with Crippen LogP contribution >= 0.6 is 11.3 Å². The van der Waals surface area contributed by atoms with E-state index in [1.807, 2.05) is 23.6 Å². The molecule has 0 unspecified atom stereocenters. The molecule has 6 rings (SSSR count). The zero-order valence-electron chi connectivity index (χ0n) is 26.1. The summed E-state index contributed by atoms with van der Waals surface area (Å²) in [7, 11) is 0. The number of amides is 1. The van der Waals surface area contributed by atoms with Gasteiger partial charge in [0.1, 0.15) is 5.75 Å². The maximum absolute atomic E-state index is 12.9. The second kappa shape index (κ2) is 14.3. The van der Waals surface area contributed by atoms with Crippen molar-refractivity contribution in [3.05, 3.63) is 158 Å². The highest BCUT2D eigenvalue weighted by atomic mass is 32.1. The van der Waals surface area contributed by atoms with E-state index < -0.39 is 17.7 Å². The third-order valence-electron chi connectivity index (χ3n) is 8.36. The number of H-pyrrole nitrogens is 1. The molecule has 11 heteroatoms. The lowest BCUT2D eigenvalue weighted by molar-refractivity contribution is -0.155. The maximum Gasteiger partial charge on any atom is 0.345 e. The van der Waals surface area contributed by atoms with Crippen molar-refractivity contribution in [1.29, 1.82) is 0 Å². The van der Waals surface area contributed by atoms with Gasteiger partial charge in [0.05, 0.1) is 18.2 Å². The number of benzene rings is 4. The molecule has 2 atom stereocenters. The van der Waals surface area contributed by atoms with E-state index >= 15 is 0 Å². The van der Waals surface area contributed by atoms with Crippen LogP contribution in [0.4, 0.5) is 0 Å². The Labute approximate surface area is 285 Å². The molecule has 0 fully saturated rings. The average molecular weight is 676 g/mol. The van der Waals surface area contributed by atoms with Crippen molar-refractivity contribution in [3.63, 3.8) is 0 Å². The molecule has 6 aromatic rings. The van der Waals surface area contributed by atoms with E-state index in [1.54, 1.807) is 78.9 Å². The van der Waals surface area contributed by atoms with Gasteiger partial charge in [-0.3, -0.25) is 9.59 Å². The van der Waals surface area contributed by atoms with Gasteiger partial charge in [-0.1, -0.05) is 72.8 Å². The summed E-state index contributed by atoms with van der Waals surface area (Å²) < 4.78 is 0. The number of nitrogens with one attached hydrogen (secondary N) is 3. The van der Waals surface area contributed by atoms with Crippen LogP contribution in [0, 0.1) is 0 Å². The second-order valence-electron chi connectivity index (χ2n) is 11.6. The van der Waals surface area contributed by atoms with Crippen molar-refractivity contribution in [2.24, 2.45) is 0 Å². The Hall–Kier alpha value is -5.59. The number of fused-ring (bicyclic) bond motifs is 1. The number of aromatic amines is 1. The van der Waals surface area contributed by atoms with Crippen LogP contribution in [0.3, 0.4) is 0 Å². The van der Waals surface area contributed by atoms with Gasteiger partial charge in [-0.25, -0.2) is 4.79 Å². The summed E-state index contributed by atoms with van der Waals surface area (Å²) in [5.41, 5.74) is 2.05. The standard InChI is InChI=1S/C38H33N3O7S/c42-32-16-14-30(31-15-17-34(44)41-35(31)32)33(43)21-39-19-23-6-8-25(9-7-23)36(45)40-20-29-18-26(22-49-29)24-10-12-28(13-11-24)38(48,37(46)47)27-4-2-1-3-5-27/h1-18,22,33,39,42-43,48H,19-21H2,(H,40,45)(H,41,44)(H,46,47)/t33-,38-/m0/s1. The molecule has 0 saturated carbocycles. The molecule has 0 spiro atoms. The Morgan fingerprint density at radius 1 is 0.837 bits per heavy atom. The van der Waals surface area contributed by atoms with E-state index in [9.17, 15) is 34.8 Å². The van der Waals surface area contributed by atoms with Crippen molar-refractivity contribution in [3.8, 4) is 16.9 Å². The highest BCUT2D eigenvalue weighted by Gasteiger charge is 2.40. The molecule has 2 heterocycles. The fraction of sp³-hybridized carbons (Fsp3) is 0.132. The van der Waals surface area contributed by atoms with Crippen LogP contribution < -0.4 is 16.2 Å². The molecule has 0 saturated heterocycles. The largest absolute Gasteiger partial charge is 0.506 e. The van der Waals surface area contributed by atoms with Crippen molar-refractivity contribution in [2.75, 3.05) is 6.54 Å². The van der Waals surface area contributed by atoms with Gasteiger partial charge in [-0.2, -0.15) is 0 Å². The monoisotopic (exact) mass is 675 g/mol. The molecule has 0 radical (unpaired) electrons. The average Bonchev–Trinajstić information content (AvgIpc) is 3.60. The van der Waals surface area contributed by atoms with E-state index in [0.29, 0.717) is 29.6 Å². The van der Waals surface area contributed by atoms with Crippen LogP contribution in [0.5, 0.6) is 5.75 Å². The van der Waals surface area contributed by atoms with Crippen LogP contribution in [-0.4, -0.2) is 43.8 Å². The lowest BCUT2D eigenvalue weighted by atomic mass is 9.86. The number of aromatic hydroxyl groups is 1. The molecule has 2 aromatic heterocycles. The highest BCUT2D eigenvalue weighted by molar-refractivity contribution is 7.10. The summed E-state index contributed by atoms with van der Waals surface area (Å²) in [4.78, 5) is 40.1. The molecule has 248 valence electrons. The van der Waals surface area contributed by atoms with E-state index in [0.717, 1.165) is 21.6 Å². The quantitative estimate of drug-likeness (QED) is 0.0946. The predicted octanol–water partition coefficient (Wildman–Crippen LogP) is 5.04. The zero-order chi connectivity index (χ0) is 34.5. The Balaban J connectivity index is 1.01. The van der Waals surface area contributed by atoms with Crippen LogP contribution in [0.25, 0.3) is 22.0 Å². The minimum atomic E-state index is -2.17. The van der Waals surface area contributed by atoms with Crippen molar-refractivity contribution in [1.82, 2.24) is 15.6 Å². The topological polar surface area (TPSA) is 172 Å². The van der Waals surface area contributed by atoms with Crippen LogP contribution in [0.15, 0.2) is 119 Å². The predicted molar refractivity (Wildman–Crippen MR) is 187 cm³/mol. The molecule has 49 heavy (non-hydrogen) atoms. The number of carboxylic acids is 1. The van der Waals surface area contributed by atoms with E-state index in [2.05, 4.69) is 15.6 Å². The van der Waals surface area contributed by atoms with Crippen molar-refractivity contribution in [2.45, 2.75) is 24.8 Å². The number of aliphatic carboxylic acids is 1. The van der Waals surface area contributed by atoms with E-state index in [-0.39, 0.29) is 40.4 Å². The number of thiophene rings is 1. The van der Waals surface area contributed by atoms with Crippen LogP contribution in [-0.2, 0) is 23.5 Å². The first-order valence-electron chi connectivity index (χ1n) is 15.4. The number of carbonyl (C=O) groups is 2. The van der Waals surface area contributed by atoms with Crippen LogP contribution in [0.2, 0.25) is 0 Å². The van der Waals surface area contributed by atoms with Gasteiger partial charge in [0.25, 0.3) is 5.91 Å². The Morgan fingerprint density at radius 2 is 1.55 bits per heavy atom. The summed E-state index contributed by atoms with van der Waals surface area (Å²) in [5.74, 6) is -1.65. The third-order valence-corrected chi connectivity index (χ3v) is 9.30. The van der Waals surface area contributed by atoms with Gasteiger partial charge in [-0.15, -0.1) is 11.3 Å². The molecule has 0 aliphatic rings. The lowest BCUT2D eigenvalue weighted by Gasteiger charge is -2.24. The summed E-state index contributed by atoms with van der Waals surface area (Å²) >= 11 is 1.49. The number of aromatic nitrogens is 1. The third kappa shape index (κ3) is 7.15. The Morgan fingerprint density at radius 3 is 2.27 bits per heavy atom. The van der Waals surface area contributed by atoms with Crippen molar-refractivity contribution >= 4 is 34.1 Å². The summed E-state index contributed by atoms with van der Waals surface area (Å²) in [6.45, 7) is 1.01.